The fourth-order valence-corrected chi connectivity index (χ4v) is 2.32. The third kappa shape index (κ3) is 3.14. The van der Waals surface area contributed by atoms with E-state index < -0.39 is 0 Å². The first-order valence-electron chi connectivity index (χ1n) is 6.66. The molecule has 6 nitrogen and oxygen atoms in total. The molecule has 0 saturated carbocycles. The highest BCUT2D eigenvalue weighted by molar-refractivity contribution is 6.03. The number of hydrogen-bond donors (Lipinski definition) is 0. The van der Waals surface area contributed by atoms with Crippen molar-refractivity contribution < 1.29 is 14.3 Å². The summed E-state index contributed by atoms with van der Waals surface area (Å²) in [7, 11) is 1.56. The van der Waals surface area contributed by atoms with Gasteiger partial charge in [0, 0.05) is 6.54 Å². The number of ether oxygens (including phenoxy) is 1. The first-order valence-corrected chi connectivity index (χ1v) is 6.66. The maximum atomic E-state index is 12.1. The Hall–Kier alpha value is -2.55. The van der Waals surface area contributed by atoms with Crippen LogP contribution in [0.4, 0.5) is 5.69 Å². The molecule has 1 aromatic rings. The van der Waals surface area contributed by atoms with Crippen LogP contribution in [0, 0.1) is 18.3 Å². The van der Waals surface area contributed by atoms with Crippen LogP contribution >= 0.6 is 0 Å². The van der Waals surface area contributed by atoms with Gasteiger partial charge in [0.05, 0.1) is 38.4 Å². The quantitative estimate of drug-likeness (QED) is 0.775. The first kappa shape index (κ1) is 14.9. The average Bonchev–Trinajstić information content (AvgIpc) is 2.46. The Morgan fingerprint density at radius 1 is 1.29 bits per heavy atom. The summed E-state index contributed by atoms with van der Waals surface area (Å²) in [5, 5.41) is 8.57. The van der Waals surface area contributed by atoms with Crippen molar-refractivity contribution in [3.05, 3.63) is 23.8 Å². The molecule has 0 aliphatic carbocycles. The van der Waals surface area contributed by atoms with Crippen LogP contribution in [-0.4, -0.2) is 43.5 Å². The molecule has 2 rings (SSSR count). The molecule has 110 valence electrons. The molecule has 0 aromatic heterocycles. The monoisotopic (exact) mass is 287 g/mol. The number of benzene rings is 1. The van der Waals surface area contributed by atoms with Crippen LogP contribution in [0.25, 0.3) is 0 Å². The number of anilines is 1. The summed E-state index contributed by atoms with van der Waals surface area (Å²) in [6, 6.07) is 7.57. The molecular weight excluding hydrogens is 270 g/mol. The van der Waals surface area contributed by atoms with Crippen LogP contribution < -0.4 is 9.64 Å². The molecule has 1 saturated heterocycles. The van der Waals surface area contributed by atoms with Gasteiger partial charge in [0.2, 0.25) is 11.8 Å². The molecule has 1 fully saturated rings. The normalized spacial score (nSPS) is 15.1. The minimum absolute atomic E-state index is 0.108. The van der Waals surface area contributed by atoms with E-state index in [0.29, 0.717) is 5.75 Å². The zero-order valence-corrected chi connectivity index (χ0v) is 12.1. The molecule has 0 atom stereocenters. The molecular formula is C15H17N3O3. The van der Waals surface area contributed by atoms with Crippen molar-refractivity contribution in [1.82, 2.24) is 4.90 Å². The highest BCUT2D eigenvalue weighted by atomic mass is 16.5. The van der Waals surface area contributed by atoms with Crippen molar-refractivity contribution in [1.29, 1.82) is 5.26 Å². The summed E-state index contributed by atoms with van der Waals surface area (Å²) in [4.78, 5) is 27.0. The van der Waals surface area contributed by atoms with Gasteiger partial charge in [-0.15, -0.1) is 0 Å². The van der Waals surface area contributed by atoms with Crippen LogP contribution in [0.1, 0.15) is 12.0 Å². The molecule has 0 N–H and O–H groups in total. The van der Waals surface area contributed by atoms with Crippen LogP contribution in [0.2, 0.25) is 0 Å². The lowest BCUT2D eigenvalue weighted by molar-refractivity contribution is -0.145. The van der Waals surface area contributed by atoms with Gasteiger partial charge in [-0.2, -0.15) is 5.26 Å². The van der Waals surface area contributed by atoms with Gasteiger partial charge in [0.15, 0.2) is 0 Å². The van der Waals surface area contributed by atoms with Gasteiger partial charge < -0.3 is 9.64 Å². The second-order valence-corrected chi connectivity index (χ2v) is 4.88. The zero-order valence-electron chi connectivity index (χ0n) is 12.1. The number of nitrogens with zero attached hydrogens (tertiary/aromatic N) is 3. The molecule has 0 unspecified atom stereocenters. The Labute approximate surface area is 123 Å². The predicted molar refractivity (Wildman–Crippen MR) is 76.9 cm³/mol. The van der Waals surface area contributed by atoms with Crippen LogP contribution in [0.15, 0.2) is 18.2 Å². The number of aryl methyl sites for hydroxylation is 1. The van der Waals surface area contributed by atoms with E-state index in [4.69, 9.17) is 10.00 Å². The Morgan fingerprint density at radius 2 is 1.95 bits per heavy atom. The molecule has 1 aliphatic heterocycles. The summed E-state index contributed by atoms with van der Waals surface area (Å²) in [6.07, 6.45) is 0.158. The minimum atomic E-state index is -0.287. The van der Waals surface area contributed by atoms with E-state index in [2.05, 4.69) is 0 Å². The van der Waals surface area contributed by atoms with E-state index in [0.717, 1.165) is 16.2 Å². The van der Waals surface area contributed by atoms with Crippen LogP contribution in [0.5, 0.6) is 5.75 Å². The van der Waals surface area contributed by atoms with Gasteiger partial charge in [-0.25, -0.2) is 0 Å². The van der Waals surface area contributed by atoms with E-state index in [1.807, 2.05) is 31.2 Å². The number of piperazine rings is 1. The molecule has 6 heteroatoms. The van der Waals surface area contributed by atoms with Gasteiger partial charge in [-0.3, -0.25) is 14.5 Å². The summed E-state index contributed by atoms with van der Waals surface area (Å²) in [6.45, 7) is 2.32. The second-order valence-electron chi connectivity index (χ2n) is 4.88. The highest BCUT2D eigenvalue weighted by Gasteiger charge is 2.31. The zero-order chi connectivity index (χ0) is 15.4. The molecule has 0 bridgehead atoms. The highest BCUT2D eigenvalue weighted by Crippen LogP contribution is 2.30. The Morgan fingerprint density at radius 3 is 2.52 bits per heavy atom. The molecule has 1 aliphatic rings. The van der Waals surface area contributed by atoms with Gasteiger partial charge in [-0.1, -0.05) is 6.07 Å². The molecule has 0 radical (unpaired) electrons. The standard InChI is InChI=1S/C15H17N3O3/c1-11-4-5-13(21-2)12(8-11)17-9-14(19)18(7-3-6-16)15(20)10-17/h4-5,8H,3,7,9-10H2,1-2H3. The molecule has 1 aromatic carbocycles. The third-order valence-corrected chi connectivity index (χ3v) is 3.38. The van der Waals surface area contributed by atoms with E-state index in [1.54, 1.807) is 12.0 Å². The Balaban J connectivity index is 2.22. The molecule has 0 spiro atoms. The lowest BCUT2D eigenvalue weighted by Gasteiger charge is -2.34. The van der Waals surface area contributed by atoms with Crippen LogP contribution in [-0.2, 0) is 9.59 Å². The number of hydrogen-bond acceptors (Lipinski definition) is 5. The Kier molecular flexibility index (Phi) is 4.43. The summed E-state index contributed by atoms with van der Waals surface area (Å²) < 4.78 is 5.29. The molecule has 1 heterocycles. The third-order valence-electron chi connectivity index (χ3n) is 3.38. The maximum absolute atomic E-state index is 12.1. The number of imide groups is 1. The lowest BCUT2D eigenvalue weighted by atomic mass is 10.1. The summed E-state index contributed by atoms with van der Waals surface area (Å²) >= 11 is 0. The number of methoxy groups -OCH3 is 1. The SMILES string of the molecule is COc1ccc(C)cc1N1CC(=O)N(CCC#N)C(=O)C1. The van der Waals surface area contributed by atoms with Crippen LogP contribution in [0.3, 0.4) is 0 Å². The van der Waals surface area contributed by atoms with Crippen molar-refractivity contribution in [3.63, 3.8) is 0 Å². The molecule has 21 heavy (non-hydrogen) atoms. The lowest BCUT2D eigenvalue weighted by Crippen LogP contribution is -2.54. The number of carbonyl (C=O) groups is 2. The van der Waals surface area contributed by atoms with Crippen molar-refractivity contribution >= 4 is 17.5 Å². The van der Waals surface area contributed by atoms with Crippen molar-refractivity contribution in [3.8, 4) is 11.8 Å². The van der Waals surface area contributed by atoms with Gasteiger partial charge in [0.25, 0.3) is 0 Å². The topological polar surface area (TPSA) is 73.6 Å². The van der Waals surface area contributed by atoms with Gasteiger partial charge in [0.1, 0.15) is 5.75 Å². The molecule has 2 amide bonds. The van der Waals surface area contributed by atoms with Crippen molar-refractivity contribution in [2.45, 2.75) is 13.3 Å². The van der Waals surface area contributed by atoms with E-state index in [1.165, 1.54) is 0 Å². The maximum Gasteiger partial charge on any atom is 0.248 e. The summed E-state index contributed by atoms with van der Waals surface area (Å²) in [5.41, 5.74) is 1.76. The summed E-state index contributed by atoms with van der Waals surface area (Å²) in [5.74, 6) is 0.0572. The Bertz CT molecular complexity index is 589. The van der Waals surface area contributed by atoms with Crippen molar-refractivity contribution in [2.24, 2.45) is 0 Å². The fourth-order valence-electron chi connectivity index (χ4n) is 2.32. The number of amides is 2. The number of rotatable bonds is 4. The average molecular weight is 287 g/mol. The minimum Gasteiger partial charge on any atom is -0.495 e. The van der Waals surface area contributed by atoms with Gasteiger partial charge in [-0.05, 0) is 24.6 Å². The fraction of sp³-hybridized carbons (Fsp3) is 0.400. The smallest absolute Gasteiger partial charge is 0.248 e. The van der Waals surface area contributed by atoms with Crippen molar-refractivity contribution in [2.75, 3.05) is 31.6 Å². The first-order chi connectivity index (χ1) is 10.1. The number of carbonyl (C=O) groups excluding carboxylic acids is 2. The van der Waals surface area contributed by atoms with E-state index in [9.17, 15) is 9.59 Å². The number of nitriles is 1. The van der Waals surface area contributed by atoms with E-state index in [-0.39, 0.29) is 37.9 Å². The predicted octanol–water partition coefficient (Wildman–Crippen LogP) is 1.09. The largest absolute Gasteiger partial charge is 0.495 e. The van der Waals surface area contributed by atoms with Gasteiger partial charge >= 0.3 is 0 Å². The second kappa shape index (κ2) is 6.27. The van der Waals surface area contributed by atoms with E-state index >= 15 is 0 Å².